The third kappa shape index (κ3) is 4.95. The molecule has 0 bridgehead atoms. The van der Waals surface area contributed by atoms with Crippen molar-refractivity contribution < 1.29 is 23.9 Å². The van der Waals surface area contributed by atoms with Crippen molar-refractivity contribution >= 4 is 39.8 Å². The average Bonchev–Trinajstić information content (AvgIpc) is 3.03. The van der Waals surface area contributed by atoms with E-state index in [0.717, 1.165) is 29.7 Å². The number of anilines is 2. The Balaban J connectivity index is 1.73. The molecule has 1 aromatic heterocycles. The molecule has 1 aromatic carbocycles. The first-order chi connectivity index (χ1) is 13.9. The van der Waals surface area contributed by atoms with Crippen LogP contribution in [-0.4, -0.2) is 31.5 Å². The largest absolute Gasteiger partial charge is 0.482 e. The van der Waals surface area contributed by atoms with Crippen molar-refractivity contribution in [1.82, 2.24) is 0 Å². The van der Waals surface area contributed by atoms with E-state index in [4.69, 9.17) is 9.47 Å². The number of ether oxygens (including phenoxy) is 2. The van der Waals surface area contributed by atoms with E-state index < -0.39 is 5.97 Å². The number of thiophene rings is 1. The fraction of sp³-hybridized carbons (Fsp3) is 0.381. The highest BCUT2D eigenvalue weighted by atomic mass is 32.1. The lowest BCUT2D eigenvalue weighted by Gasteiger charge is -2.18. The molecule has 1 atom stereocenters. The molecular weight excluding hydrogens is 392 g/mol. The Morgan fingerprint density at radius 3 is 2.69 bits per heavy atom. The summed E-state index contributed by atoms with van der Waals surface area (Å²) in [5.74, 6) is -0.121. The van der Waals surface area contributed by atoms with Crippen molar-refractivity contribution in [3.8, 4) is 5.75 Å². The third-order valence-electron chi connectivity index (χ3n) is 4.71. The number of nitrogens with one attached hydrogen (secondary N) is 2. The quantitative estimate of drug-likeness (QED) is 0.702. The lowest BCUT2D eigenvalue weighted by Crippen LogP contribution is -2.21. The number of fused-ring (bicyclic) bond motifs is 1. The van der Waals surface area contributed by atoms with Crippen LogP contribution in [0.3, 0.4) is 0 Å². The van der Waals surface area contributed by atoms with Crippen LogP contribution in [-0.2, 0) is 27.2 Å². The molecule has 2 amide bonds. The number of rotatable bonds is 6. The summed E-state index contributed by atoms with van der Waals surface area (Å²) in [6, 6.07) is 6.88. The SMILES string of the molecule is COC(=O)c1c(NC(=O)COc2ccccc2NC(C)=O)sc2c1CC[C@H](C)C2. The van der Waals surface area contributed by atoms with Gasteiger partial charge in [0.25, 0.3) is 5.91 Å². The molecule has 1 aliphatic carbocycles. The Kier molecular flexibility index (Phi) is 6.53. The summed E-state index contributed by atoms with van der Waals surface area (Å²) in [4.78, 5) is 37.2. The van der Waals surface area contributed by atoms with E-state index in [-0.39, 0.29) is 18.4 Å². The van der Waals surface area contributed by atoms with Crippen LogP contribution in [0.2, 0.25) is 0 Å². The summed E-state index contributed by atoms with van der Waals surface area (Å²) in [6.07, 6.45) is 2.69. The van der Waals surface area contributed by atoms with Gasteiger partial charge in [0.2, 0.25) is 5.91 Å². The standard InChI is InChI=1S/C21H24N2O5S/c1-12-8-9-14-17(10-12)29-20(19(14)21(26)27-3)23-18(25)11-28-16-7-5-4-6-15(16)22-13(2)24/h4-7,12H,8-11H2,1-3H3,(H,22,24)(H,23,25)/t12-/m0/s1. The maximum atomic E-state index is 12.5. The second kappa shape index (κ2) is 9.09. The Morgan fingerprint density at radius 1 is 1.21 bits per heavy atom. The zero-order chi connectivity index (χ0) is 21.0. The van der Waals surface area contributed by atoms with Gasteiger partial charge >= 0.3 is 5.97 Å². The molecule has 0 saturated heterocycles. The highest BCUT2D eigenvalue weighted by Crippen LogP contribution is 2.40. The minimum absolute atomic E-state index is 0.230. The Hall–Kier alpha value is -2.87. The number of hydrogen-bond acceptors (Lipinski definition) is 6. The highest BCUT2D eigenvalue weighted by molar-refractivity contribution is 7.17. The van der Waals surface area contributed by atoms with Gasteiger partial charge in [-0.25, -0.2) is 4.79 Å². The minimum atomic E-state index is -0.440. The van der Waals surface area contributed by atoms with Gasteiger partial charge in [0.15, 0.2) is 6.61 Å². The first-order valence-electron chi connectivity index (χ1n) is 9.41. The first-order valence-corrected chi connectivity index (χ1v) is 10.2. The number of amides is 2. The van der Waals surface area contributed by atoms with Gasteiger partial charge in [0, 0.05) is 11.8 Å². The molecule has 8 heteroatoms. The van der Waals surface area contributed by atoms with Crippen LogP contribution >= 0.6 is 11.3 Å². The molecule has 0 radical (unpaired) electrons. The molecule has 0 saturated carbocycles. The van der Waals surface area contributed by atoms with Crippen LogP contribution in [0.1, 0.15) is 41.1 Å². The highest BCUT2D eigenvalue weighted by Gasteiger charge is 2.28. The molecule has 29 heavy (non-hydrogen) atoms. The predicted octanol–water partition coefficient (Wildman–Crippen LogP) is 3.64. The molecule has 0 spiro atoms. The van der Waals surface area contributed by atoms with Crippen molar-refractivity contribution in [3.63, 3.8) is 0 Å². The van der Waals surface area contributed by atoms with E-state index in [0.29, 0.717) is 27.9 Å². The molecule has 2 aromatic rings. The van der Waals surface area contributed by atoms with Crippen molar-refractivity contribution in [2.45, 2.75) is 33.1 Å². The smallest absolute Gasteiger partial charge is 0.341 e. The van der Waals surface area contributed by atoms with Crippen LogP contribution < -0.4 is 15.4 Å². The van der Waals surface area contributed by atoms with Gasteiger partial charge in [-0.15, -0.1) is 11.3 Å². The van der Waals surface area contributed by atoms with Crippen LogP contribution in [0.25, 0.3) is 0 Å². The Labute approximate surface area is 173 Å². The van der Waals surface area contributed by atoms with Gasteiger partial charge in [-0.2, -0.15) is 0 Å². The van der Waals surface area contributed by atoms with Crippen LogP contribution in [0.15, 0.2) is 24.3 Å². The molecule has 2 N–H and O–H groups in total. The summed E-state index contributed by atoms with van der Waals surface area (Å²) in [5, 5.41) is 5.96. The number of para-hydroxylation sites is 2. The topological polar surface area (TPSA) is 93.7 Å². The molecule has 0 unspecified atom stereocenters. The molecule has 0 aliphatic heterocycles. The van der Waals surface area contributed by atoms with E-state index >= 15 is 0 Å². The Morgan fingerprint density at radius 2 is 1.97 bits per heavy atom. The summed E-state index contributed by atoms with van der Waals surface area (Å²) in [6.45, 7) is 3.33. The van der Waals surface area contributed by atoms with Gasteiger partial charge < -0.3 is 20.1 Å². The van der Waals surface area contributed by atoms with Crippen molar-refractivity contribution in [1.29, 1.82) is 0 Å². The molecule has 1 aliphatic rings. The van der Waals surface area contributed by atoms with Gasteiger partial charge in [0.05, 0.1) is 18.4 Å². The van der Waals surface area contributed by atoms with Crippen molar-refractivity contribution in [3.05, 3.63) is 40.3 Å². The molecule has 0 fully saturated rings. The number of carbonyl (C=O) groups is 3. The van der Waals surface area contributed by atoms with Crippen LogP contribution in [0.4, 0.5) is 10.7 Å². The lowest BCUT2D eigenvalue weighted by atomic mass is 9.88. The molecule has 7 nitrogen and oxygen atoms in total. The fourth-order valence-electron chi connectivity index (χ4n) is 3.35. The molecule has 1 heterocycles. The number of carbonyl (C=O) groups excluding carboxylic acids is 3. The Bertz CT molecular complexity index is 937. The van der Waals surface area contributed by atoms with E-state index in [1.807, 2.05) is 0 Å². The van der Waals surface area contributed by atoms with Crippen molar-refractivity contribution in [2.24, 2.45) is 5.92 Å². The summed E-state index contributed by atoms with van der Waals surface area (Å²) < 4.78 is 10.5. The van der Waals surface area contributed by atoms with Crippen molar-refractivity contribution in [2.75, 3.05) is 24.4 Å². The second-order valence-electron chi connectivity index (χ2n) is 7.06. The third-order valence-corrected chi connectivity index (χ3v) is 5.88. The number of esters is 1. The second-order valence-corrected chi connectivity index (χ2v) is 8.17. The molecule has 3 rings (SSSR count). The number of hydrogen-bond donors (Lipinski definition) is 2. The minimum Gasteiger partial charge on any atom is -0.482 e. The van der Waals surface area contributed by atoms with E-state index in [2.05, 4.69) is 17.6 Å². The van der Waals surface area contributed by atoms with Crippen LogP contribution in [0.5, 0.6) is 5.75 Å². The average molecular weight is 416 g/mol. The first kappa shape index (κ1) is 20.9. The summed E-state index contributed by atoms with van der Waals surface area (Å²) in [7, 11) is 1.34. The fourth-order valence-corrected chi connectivity index (χ4v) is 4.76. The predicted molar refractivity (Wildman–Crippen MR) is 112 cm³/mol. The van der Waals surface area contributed by atoms with Gasteiger partial charge in [0.1, 0.15) is 10.8 Å². The summed E-state index contributed by atoms with van der Waals surface area (Å²) in [5.41, 5.74) is 1.92. The zero-order valence-corrected chi connectivity index (χ0v) is 17.5. The van der Waals surface area contributed by atoms with E-state index in [9.17, 15) is 14.4 Å². The van der Waals surface area contributed by atoms with Gasteiger partial charge in [-0.3, -0.25) is 9.59 Å². The van der Waals surface area contributed by atoms with E-state index in [1.165, 1.54) is 25.4 Å². The van der Waals surface area contributed by atoms with Crippen LogP contribution in [0, 0.1) is 5.92 Å². The van der Waals surface area contributed by atoms with E-state index in [1.54, 1.807) is 24.3 Å². The summed E-state index contributed by atoms with van der Waals surface area (Å²) >= 11 is 1.43. The monoisotopic (exact) mass is 416 g/mol. The number of benzene rings is 1. The zero-order valence-electron chi connectivity index (χ0n) is 16.7. The molecule has 154 valence electrons. The van der Waals surface area contributed by atoms with Gasteiger partial charge in [-0.05, 0) is 42.9 Å². The van der Waals surface area contributed by atoms with Gasteiger partial charge in [-0.1, -0.05) is 19.1 Å². The maximum Gasteiger partial charge on any atom is 0.341 e. The normalized spacial score (nSPS) is 15.2. The lowest BCUT2D eigenvalue weighted by molar-refractivity contribution is -0.118. The molecular formula is C21H24N2O5S. The maximum absolute atomic E-state index is 12.5. The number of methoxy groups -OCH3 is 1.